The van der Waals surface area contributed by atoms with Crippen LogP contribution in [0.1, 0.15) is 47.1 Å². The zero-order valence-electron chi connectivity index (χ0n) is 15.5. The Hall–Kier alpha value is -2.95. The normalized spacial score (nSPS) is 11.7. The molecule has 0 spiro atoms. The maximum atomic E-state index is 12.6. The first kappa shape index (κ1) is 19.4. The van der Waals surface area contributed by atoms with Crippen LogP contribution < -0.4 is 10.6 Å². The molecule has 0 saturated heterocycles. The van der Waals surface area contributed by atoms with Crippen molar-refractivity contribution in [1.29, 1.82) is 0 Å². The van der Waals surface area contributed by atoms with E-state index in [0.717, 1.165) is 5.56 Å². The summed E-state index contributed by atoms with van der Waals surface area (Å²) < 4.78 is 0. The second-order valence-corrected chi connectivity index (χ2v) is 6.68. The number of hydrogen-bond acceptors (Lipinski definition) is 3. The number of hydrogen-bond donors (Lipinski definition) is 2. The van der Waals surface area contributed by atoms with E-state index in [9.17, 15) is 14.4 Å². The number of amides is 2. The summed E-state index contributed by atoms with van der Waals surface area (Å²) >= 11 is 0. The summed E-state index contributed by atoms with van der Waals surface area (Å²) in [5.74, 6) is -0.698. The van der Waals surface area contributed by atoms with E-state index in [-0.39, 0.29) is 23.5 Å². The summed E-state index contributed by atoms with van der Waals surface area (Å²) in [6, 6.07) is 13.2. The van der Waals surface area contributed by atoms with Crippen molar-refractivity contribution in [3.8, 4) is 0 Å². The highest BCUT2D eigenvalue weighted by Gasteiger charge is 2.24. The average molecular weight is 352 g/mol. The van der Waals surface area contributed by atoms with E-state index < -0.39 is 6.04 Å². The summed E-state index contributed by atoms with van der Waals surface area (Å²) in [5.41, 5.74) is 2.74. The first-order chi connectivity index (χ1) is 12.3. The summed E-state index contributed by atoms with van der Waals surface area (Å²) in [5, 5.41) is 5.59. The molecule has 0 unspecified atom stereocenters. The Balaban J connectivity index is 2.08. The minimum Gasteiger partial charge on any atom is -0.340 e. The number of rotatable bonds is 6. The molecule has 0 aliphatic heterocycles. The van der Waals surface area contributed by atoms with E-state index in [1.54, 1.807) is 36.4 Å². The largest absolute Gasteiger partial charge is 0.340 e. The van der Waals surface area contributed by atoms with Crippen LogP contribution in [-0.2, 0) is 4.79 Å². The topological polar surface area (TPSA) is 75.3 Å². The van der Waals surface area contributed by atoms with E-state index >= 15 is 0 Å². The zero-order valence-corrected chi connectivity index (χ0v) is 15.5. The smallest absolute Gasteiger partial charge is 0.251 e. The molecule has 0 aliphatic carbocycles. The average Bonchev–Trinajstić information content (AvgIpc) is 2.60. The Morgan fingerprint density at radius 2 is 1.38 bits per heavy atom. The first-order valence-corrected chi connectivity index (χ1v) is 8.57. The molecule has 0 aromatic heterocycles. The predicted molar refractivity (Wildman–Crippen MR) is 102 cm³/mol. The van der Waals surface area contributed by atoms with E-state index in [1.165, 1.54) is 6.92 Å². The molecule has 5 heteroatoms. The van der Waals surface area contributed by atoms with Gasteiger partial charge in [-0.25, -0.2) is 0 Å². The number of nitrogens with one attached hydrogen (secondary N) is 2. The number of ketones is 1. The highest BCUT2D eigenvalue weighted by Crippen LogP contribution is 2.13. The van der Waals surface area contributed by atoms with Crippen LogP contribution in [0.5, 0.6) is 0 Å². The maximum Gasteiger partial charge on any atom is 0.251 e. The van der Waals surface area contributed by atoms with Gasteiger partial charge in [0.1, 0.15) is 6.04 Å². The van der Waals surface area contributed by atoms with Gasteiger partial charge in [0.05, 0.1) is 0 Å². The molecule has 5 nitrogen and oxygen atoms in total. The molecule has 2 aromatic rings. The van der Waals surface area contributed by atoms with Crippen molar-refractivity contribution in [2.45, 2.75) is 33.7 Å². The quantitative estimate of drug-likeness (QED) is 0.780. The van der Waals surface area contributed by atoms with Crippen molar-refractivity contribution in [2.24, 2.45) is 5.92 Å². The number of benzene rings is 2. The third kappa shape index (κ3) is 5.02. The van der Waals surface area contributed by atoms with Gasteiger partial charge in [-0.15, -0.1) is 0 Å². The van der Waals surface area contributed by atoms with Crippen LogP contribution in [0, 0.1) is 12.8 Å². The Kier molecular flexibility index (Phi) is 6.28. The second kappa shape index (κ2) is 8.43. The second-order valence-electron chi connectivity index (χ2n) is 6.68. The summed E-state index contributed by atoms with van der Waals surface area (Å²) in [4.78, 5) is 36.3. The number of anilines is 1. The van der Waals surface area contributed by atoms with Gasteiger partial charge in [-0.3, -0.25) is 14.4 Å². The van der Waals surface area contributed by atoms with Gasteiger partial charge >= 0.3 is 0 Å². The van der Waals surface area contributed by atoms with E-state index in [1.807, 2.05) is 32.9 Å². The van der Waals surface area contributed by atoms with Crippen LogP contribution in [0.4, 0.5) is 5.69 Å². The van der Waals surface area contributed by atoms with Gasteiger partial charge in [0.15, 0.2) is 5.78 Å². The fourth-order valence-corrected chi connectivity index (χ4v) is 2.47. The molecule has 0 heterocycles. The Bertz CT molecular complexity index is 793. The molecule has 0 fully saturated rings. The molecular formula is C21H24N2O3. The molecule has 2 rings (SSSR count). The molecule has 1 atom stereocenters. The van der Waals surface area contributed by atoms with Gasteiger partial charge in [-0.2, -0.15) is 0 Å². The van der Waals surface area contributed by atoms with Crippen LogP contribution in [0.3, 0.4) is 0 Å². The third-order valence-corrected chi connectivity index (χ3v) is 4.11. The molecule has 2 amide bonds. The minimum atomic E-state index is -0.670. The lowest BCUT2D eigenvalue weighted by molar-refractivity contribution is -0.118. The van der Waals surface area contributed by atoms with Gasteiger partial charge in [0.2, 0.25) is 5.91 Å². The molecule has 2 aromatic carbocycles. The summed E-state index contributed by atoms with van der Waals surface area (Å²) in [6.45, 7) is 7.18. The van der Waals surface area contributed by atoms with E-state index in [2.05, 4.69) is 10.6 Å². The zero-order chi connectivity index (χ0) is 19.3. The first-order valence-electron chi connectivity index (χ1n) is 8.57. The lowest BCUT2D eigenvalue weighted by Gasteiger charge is -2.22. The van der Waals surface area contributed by atoms with Crippen molar-refractivity contribution in [3.05, 3.63) is 65.2 Å². The predicted octanol–water partition coefficient (Wildman–Crippen LogP) is 3.59. The fourth-order valence-electron chi connectivity index (χ4n) is 2.47. The van der Waals surface area contributed by atoms with Crippen LogP contribution in [0.2, 0.25) is 0 Å². The standard InChI is InChI=1S/C21H24N2O3/c1-13(2)19(23-20(25)17-7-5-14(3)6-8-17)21(26)22-18-11-9-16(10-12-18)15(4)24/h5-13,19H,1-4H3,(H,22,26)(H,23,25)/t19-/m0/s1. The van der Waals surface area contributed by atoms with Gasteiger partial charge in [-0.05, 0) is 56.2 Å². The van der Waals surface area contributed by atoms with E-state index in [4.69, 9.17) is 0 Å². The number of Topliss-reactive ketones (excluding diaryl/α,β-unsaturated/α-hetero) is 1. The van der Waals surface area contributed by atoms with Crippen molar-refractivity contribution >= 4 is 23.3 Å². The molecule has 136 valence electrons. The number of aryl methyl sites for hydroxylation is 1. The highest BCUT2D eigenvalue weighted by molar-refractivity contribution is 6.01. The van der Waals surface area contributed by atoms with Crippen LogP contribution in [0.15, 0.2) is 48.5 Å². The molecule has 26 heavy (non-hydrogen) atoms. The number of carbonyl (C=O) groups is 3. The SMILES string of the molecule is CC(=O)c1ccc(NC(=O)[C@@H](NC(=O)c2ccc(C)cc2)C(C)C)cc1. The van der Waals surface area contributed by atoms with Crippen LogP contribution in [0.25, 0.3) is 0 Å². The van der Waals surface area contributed by atoms with E-state index in [0.29, 0.717) is 16.8 Å². The molecule has 0 aliphatic rings. The minimum absolute atomic E-state index is 0.0340. The lowest BCUT2D eigenvalue weighted by Crippen LogP contribution is -2.47. The molecule has 0 bridgehead atoms. The Morgan fingerprint density at radius 3 is 1.88 bits per heavy atom. The Morgan fingerprint density at radius 1 is 0.846 bits per heavy atom. The van der Waals surface area contributed by atoms with Gasteiger partial charge in [-0.1, -0.05) is 31.5 Å². The van der Waals surface area contributed by atoms with Crippen LogP contribution >= 0.6 is 0 Å². The van der Waals surface area contributed by atoms with Crippen molar-refractivity contribution < 1.29 is 14.4 Å². The van der Waals surface area contributed by atoms with Crippen molar-refractivity contribution in [2.75, 3.05) is 5.32 Å². The molecule has 0 radical (unpaired) electrons. The molecular weight excluding hydrogens is 328 g/mol. The van der Waals surface area contributed by atoms with Gasteiger partial charge < -0.3 is 10.6 Å². The Labute approximate surface area is 153 Å². The number of carbonyl (C=O) groups excluding carboxylic acids is 3. The monoisotopic (exact) mass is 352 g/mol. The van der Waals surface area contributed by atoms with Crippen molar-refractivity contribution in [1.82, 2.24) is 5.32 Å². The third-order valence-electron chi connectivity index (χ3n) is 4.11. The molecule has 2 N–H and O–H groups in total. The van der Waals surface area contributed by atoms with Crippen molar-refractivity contribution in [3.63, 3.8) is 0 Å². The highest BCUT2D eigenvalue weighted by atomic mass is 16.2. The summed E-state index contributed by atoms with van der Waals surface area (Å²) in [7, 11) is 0. The lowest BCUT2D eigenvalue weighted by atomic mass is 10.0. The van der Waals surface area contributed by atoms with Gasteiger partial charge in [0.25, 0.3) is 5.91 Å². The summed E-state index contributed by atoms with van der Waals surface area (Å²) in [6.07, 6.45) is 0. The maximum absolute atomic E-state index is 12.6. The van der Waals surface area contributed by atoms with Crippen LogP contribution in [-0.4, -0.2) is 23.6 Å². The molecule has 0 saturated carbocycles. The van der Waals surface area contributed by atoms with Gasteiger partial charge in [0, 0.05) is 16.8 Å². The fraction of sp³-hybridized carbons (Fsp3) is 0.286.